The monoisotopic (exact) mass is 517 g/mol. The van der Waals surface area contributed by atoms with Gasteiger partial charge in [0.05, 0.1) is 11.8 Å². The van der Waals surface area contributed by atoms with Crippen molar-refractivity contribution in [1.82, 2.24) is 4.57 Å². The van der Waals surface area contributed by atoms with E-state index in [1.807, 2.05) is 74.5 Å². The number of hydrogen-bond acceptors (Lipinski definition) is 4. The maximum absolute atomic E-state index is 8.68. The van der Waals surface area contributed by atoms with Crippen molar-refractivity contribution in [3.8, 4) is 40.7 Å². The standard InChI is InChI=1S/C34H31NO4/c1-24(2)39-30-15-11-28(12-16-30)34-25(3)32-21-31(38-23-27-7-5-4-6-8-27)17-18-33(32)35(34)22-26-9-13-29(14-10-26)37-20-19-36/h4-18,21,24,36H,22-23H2,1-3H3. The van der Waals surface area contributed by atoms with E-state index in [4.69, 9.17) is 19.3 Å². The van der Waals surface area contributed by atoms with E-state index in [0.29, 0.717) is 18.9 Å². The normalized spacial score (nSPS) is 10.8. The van der Waals surface area contributed by atoms with Crippen LogP contribution < -0.4 is 14.2 Å². The zero-order valence-corrected chi connectivity index (χ0v) is 22.3. The van der Waals surface area contributed by atoms with Gasteiger partial charge in [-0.25, -0.2) is 0 Å². The van der Waals surface area contributed by atoms with Crippen molar-refractivity contribution in [2.75, 3.05) is 0 Å². The second-order valence-corrected chi connectivity index (χ2v) is 9.66. The summed E-state index contributed by atoms with van der Waals surface area (Å²) in [5.41, 5.74) is 6.82. The molecule has 0 saturated heterocycles. The molecule has 0 bridgehead atoms. The van der Waals surface area contributed by atoms with Crippen molar-refractivity contribution < 1.29 is 19.3 Å². The molecule has 0 fully saturated rings. The maximum atomic E-state index is 8.68. The Balaban J connectivity index is 1.53. The molecule has 4 aromatic carbocycles. The minimum atomic E-state index is 0.119. The van der Waals surface area contributed by atoms with Crippen LogP contribution in [0.1, 0.15) is 30.5 Å². The summed E-state index contributed by atoms with van der Waals surface area (Å²) >= 11 is 0. The zero-order chi connectivity index (χ0) is 27.2. The molecular formula is C34H31NO4. The van der Waals surface area contributed by atoms with Gasteiger partial charge in [-0.1, -0.05) is 42.5 Å². The highest BCUT2D eigenvalue weighted by Crippen LogP contribution is 2.37. The summed E-state index contributed by atoms with van der Waals surface area (Å²) < 4.78 is 19.6. The molecule has 0 amide bonds. The third kappa shape index (κ3) is 6.02. The van der Waals surface area contributed by atoms with E-state index >= 15 is 0 Å². The van der Waals surface area contributed by atoms with Gasteiger partial charge in [0.1, 0.15) is 23.9 Å². The number of nitrogens with zero attached hydrogens (tertiary/aromatic N) is 1. The molecule has 5 heteroatoms. The number of fused-ring (bicyclic) bond motifs is 1. The van der Waals surface area contributed by atoms with Crippen molar-refractivity contribution in [1.29, 1.82) is 0 Å². The molecular weight excluding hydrogens is 486 g/mol. The average Bonchev–Trinajstić information content (AvgIpc) is 3.22. The lowest BCUT2D eigenvalue weighted by Crippen LogP contribution is -2.05. The number of aromatic nitrogens is 1. The fourth-order valence-corrected chi connectivity index (χ4v) is 4.76. The van der Waals surface area contributed by atoms with Gasteiger partial charge < -0.3 is 23.9 Å². The molecule has 5 rings (SSSR count). The van der Waals surface area contributed by atoms with Crippen LogP contribution in [0.4, 0.5) is 0 Å². The summed E-state index contributed by atoms with van der Waals surface area (Å²) in [5, 5.41) is 9.83. The Kier molecular flexibility index (Phi) is 7.75. The van der Waals surface area contributed by atoms with Gasteiger partial charge >= 0.3 is 0 Å². The zero-order valence-electron chi connectivity index (χ0n) is 22.3. The molecule has 0 unspecified atom stereocenters. The lowest BCUT2D eigenvalue weighted by atomic mass is 10.1. The van der Waals surface area contributed by atoms with Gasteiger partial charge in [-0.05, 0) is 97.6 Å². The van der Waals surface area contributed by atoms with Crippen LogP contribution in [-0.4, -0.2) is 15.8 Å². The van der Waals surface area contributed by atoms with Crippen molar-refractivity contribution >= 4 is 10.9 Å². The molecule has 0 aliphatic carbocycles. The molecule has 1 heterocycles. The molecule has 5 nitrogen and oxygen atoms in total. The van der Waals surface area contributed by atoms with Crippen LogP contribution in [0.3, 0.4) is 0 Å². The fourth-order valence-electron chi connectivity index (χ4n) is 4.76. The number of aliphatic hydroxyl groups is 1. The fraction of sp³-hybridized carbons (Fsp3) is 0.176. The lowest BCUT2D eigenvalue weighted by Gasteiger charge is -2.14. The number of hydrogen-bond donors (Lipinski definition) is 1. The third-order valence-corrected chi connectivity index (χ3v) is 6.51. The van der Waals surface area contributed by atoms with Crippen molar-refractivity contribution in [2.24, 2.45) is 0 Å². The van der Waals surface area contributed by atoms with Gasteiger partial charge in [0.15, 0.2) is 12.2 Å². The number of aryl methyl sites for hydroxylation is 1. The number of aliphatic hydroxyl groups excluding tert-OH is 1. The molecule has 1 N–H and O–H groups in total. The number of benzene rings is 4. The smallest absolute Gasteiger partial charge is 0.160 e. The number of ether oxygens (including phenoxy) is 3. The van der Waals surface area contributed by atoms with Crippen LogP contribution in [-0.2, 0) is 13.2 Å². The second kappa shape index (κ2) is 11.7. The lowest BCUT2D eigenvalue weighted by molar-refractivity contribution is 0.242. The van der Waals surface area contributed by atoms with E-state index in [1.54, 1.807) is 6.11 Å². The highest BCUT2D eigenvalue weighted by molar-refractivity contribution is 5.92. The Bertz CT molecular complexity index is 1610. The van der Waals surface area contributed by atoms with Gasteiger partial charge in [0.2, 0.25) is 0 Å². The van der Waals surface area contributed by atoms with Gasteiger partial charge in [0.25, 0.3) is 0 Å². The molecule has 0 spiro atoms. The molecule has 5 aromatic rings. The van der Waals surface area contributed by atoms with E-state index in [1.165, 1.54) is 5.56 Å². The van der Waals surface area contributed by atoms with Crippen LogP contribution in [0.25, 0.3) is 22.2 Å². The van der Waals surface area contributed by atoms with Crippen LogP contribution in [0.15, 0.2) is 97.1 Å². The van der Waals surface area contributed by atoms with Crippen LogP contribution >= 0.6 is 0 Å². The Labute approximate surface area is 229 Å². The van der Waals surface area contributed by atoms with Crippen molar-refractivity contribution in [3.05, 3.63) is 114 Å². The largest absolute Gasteiger partial charge is 0.491 e. The first-order chi connectivity index (χ1) is 19.0. The van der Waals surface area contributed by atoms with Crippen molar-refractivity contribution in [3.63, 3.8) is 0 Å². The summed E-state index contributed by atoms with van der Waals surface area (Å²) in [6.45, 7) is 7.41. The van der Waals surface area contributed by atoms with E-state index < -0.39 is 0 Å². The second-order valence-electron chi connectivity index (χ2n) is 9.66. The van der Waals surface area contributed by atoms with E-state index in [0.717, 1.165) is 44.8 Å². The van der Waals surface area contributed by atoms with E-state index in [-0.39, 0.29) is 6.10 Å². The molecule has 0 saturated carbocycles. The Hall–Kier alpha value is -4.82. The van der Waals surface area contributed by atoms with Crippen LogP contribution in [0.5, 0.6) is 17.2 Å². The molecule has 0 aliphatic rings. The van der Waals surface area contributed by atoms with Crippen molar-refractivity contribution in [2.45, 2.75) is 40.0 Å². The van der Waals surface area contributed by atoms with Crippen LogP contribution in [0, 0.1) is 19.1 Å². The minimum absolute atomic E-state index is 0.119. The molecule has 196 valence electrons. The van der Waals surface area contributed by atoms with E-state index in [9.17, 15) is 0 Å². The highest BCUT2D eigenvalue weighted by Gasteiger charge is 2.17. The topological polar surface area (TPSA) is 52.9 Å². The quantitative estimate of drug-likeness (QED) is 0.204. The van der Waals surface area contributed by atoms with Gasteiger partial charge in [-0.15, -0.1) is 0 Å². The first kappa shape index (κ1) is 25.8. The van der Waals surface area contributed by atoms with E-state index in [2.05, 4.69) is 54.0 Å². The third-order valence-electron chi connectivity index (χ3n) is 6.51. The molecule has 0 aliphatic heterocycles. The molecule has 1 aromatic heterocycles. The SMILES string of the molecule is Cc1c(-c2ccc(OC(C)C)cc2)n(Cc2ccc(OC#CO)cc2)c2ccc(OCc3ccccc3)cc12. The average molecular weight is 518 g/mol. The van der Waals surface area contributed by atoms with Gasteiger partial charge in [-0.3, -0.25) is 0 Å². The minimum Gasteiger partial charge on any atom is -0.491 e. The molecule has 0 radical (unpaired) electrons. The summed E-state index contributed by atoms with van der Waals surface area (Å²) in [6.07, 6.45) is 4.09. The summed E-state index contributed by atoms with van der Waals surface area (Å²) in [4.78, 5) is 0. The van der Waals surface area contributed by atoms with Crippen LogP contribution in [0.2, 0.25) is 0 Å². The Morgan fingerprint density at radius 3 is 2.18 bits per heavy atom. The number of rotatable bonds is 9. The summed E-state index contributed by atoms with van der Waals surface area (Å²) in [5.74, 6) is 2.27. The first-order valence-corrected chi connectivity index (χ1v) is 13.0. The highest BCUT2D eigenvalue weighted by atomic mass is 16.5. The molecule has 39 heavy (non-hydrogen) atoms. The maximum Gasteiger partial charge on any atom is 0.160 e. The Morgan fingerprint density at radius 2 is 1.49 bits per heavy atom. The van der Waals surface area contributed by atoms with Gasteiger partial charge in [-0.2, -0.15) is 0 Å². The summed E-state index contributed by atoms with van der Waals surface area (Å²) in [7, 11) is 0. The first-order valence-electron chi connectivity index (χ1n) is 13.0. The predicted molar refractivity (Wildman–Crippen MR) is 155 cm³/mol. The Morgan fingerprint density at radius 1 is 0.795 bits per heavy atom. The summed E-state index contributed by atoms with van der Waals surface area (Å²) in [6, 6.07) is 32.5. The predicted octanol–water partition coefficient (Wildman–Crippen LogP) is 7.70. The molecule has 0 atom stereocenters. The van der Waals surface area contributed by atoms with Gasteiger partial charge in [0, 0.05) is 17.4 Å².